The number of amides is 1. The summed E-state index contributed by atoms with van der Waals surface area (Å²) >= 11 is 0. The van der Waals surface area contributed by atoms with E-state index < -0.39 is 0 Å². The van der Waals surface area contributed by atoms with Crippen molar-refractivity contribution >= 4 is 5.91 Å². The zero-order valence-corrected chi connectivity index (χ0v) is 13.7. The van der Waals surface area contributed by atoms with Gasteiger partial charge in [0.1, 0.15) is 0 Å². The maximum absolute atomic E-state index is 12.7. The molecule has 2 aromatic rings. The number of aryl methyl sites for hydroxylation is 1. The summed E-state index contributed by atoms with van der Waals surface area (Å²) in [6.07, 6.45) is 3.96. The molecule has 1 aromatic heterocycles. The van der Waals surface area contributed by atoms with E-state index in [1.807, 2.05) is 55.9 Å². The first-order valence-electron chi connectivity index (χ1n) is 7.72. The number of aromatic nitrogens is 2. The van der Waals surface area contributed by atoms with Crippen LogP contribution >= 0.6 is 0 Å². The molecule has 4 heteroatoms. The molecular formula is C18H23N3O. The van der Waals surface area contributed by atoms with Gasteiger partial charge >= 0.3 is 0 Å². The van der Waals surface area contributed by atoms with Crippen LogP contribution in [0.25, 0.3) is 0 Å². The third-order valence-corrected chi connectivity index (χ3v) is 4.25. The highest BCUT2D eigenvalue weighted by atomic mass is 16.2. The molecular weight excluding hydrogens is 274 g/mol. The first-order chi connectivity index (χ1) is 10.4. The van der Waals surface area contributed by atoms with Gasteiger partial charge < -0.3 is 4.90 Å². The van der Waals surface area contributed by atoms with E-state index in [4.69, 9.17) is 0 Å². The molecule has 1 aliphatic rings. The summed E-state index contributed by atoms with van der Waals surface area (Å²) in [6, 6.07) is 8.42. The number of fused-ring (bicyclic) bond motifs is 1. The Morgan fingerprint density at radius 2 is 2.00 bits per heavy atom. The van der Waals surface area contributed by atoms with Gasteiger partial charge in [-0.15, -0.1) is 0 Å². The van der Waals surface area contributed by atoms with Crippen LogP contribution in [0.5, 0.6) is 0 Å². The van der Waals surface area contributed by atoms with E-state index in [9.17, 15) is 4.79 Å². The molecule has 116 valence electrons. The largest absolute Gasteiger partial charge is 0.337 e. The molecule has 0 bridgehead atoms. The minimum atomic E-state index is -0.355. The number of benzene rings is 1. The molecule has 0 fully saturated rings. The van der Waals surface area contributed by atoms with Crippen LogP contribution in [0.1, 0.15) is 43.4 Å². The van der Waals surface area contributed by atoms with Gasteiger partial charge in [0.2, 0.25) is 5.91 Å². The lowest BCUT2D eigenvalue weighted by atomic mass is 9.84. The van der Waals surface area contributed by atoms with Crippen molar-refractivity contribution in [3.05, 3.63) is 53.3 Å². The van der Waals surface area contributed by atoms with Crippen molar-refractivity contribution in [1.82, 2.24) is 14.7 Å². The van der Waals surface area contributed by atoms with Crippen LogP contribution in [0.4, 0.5) is 0 Å². The van der Waals surface area contributed by atoms with Gasteiger partial charge in [-0.1, -0.05) is 45.0 Å². The van der Waals surface area contributed by atoms with Crippen LogP contribution in [-0.4, -0.2) is 27.1 Å². The number of nitrogens with zero attached hydrogens (tertiary/aromatic N) is 3. The van der Waals surface area contributed by atoms with Gasteiger partial charge in [0.25, 0.3) is 0 Å². The quantitative estimate of drug-likeness (QED) is 0.811. The van der Waals surface area contributed by atoms with E-state index >= 15 is 0 Å². The smallest absolute Gasteiger partial charge is 0.228 e. The lowest BCUT2D eigenvalue weighted by Gasteiger charge is -2.37. The fourth-order valence-corrected chi connectivity index (χ4v) is 3.14. The average molecular weight is 297 g/mol. The second kappa shape index (κ2) is 5.27. The highest BCUT2D eigenvalue weighted by molar-refractivity contribution is 5.82. The topological polar surface area (TPSA) is 38.1 Å². The van der Waals surface area contributed by atoms with Crippen LogP contribution < -0.4 is 0 Å². The summed E-state index contributed by atoms with van der Waals surface area (Å²) in [5, 5.41) is 4.30. The molecule has 2 heterocycles. The summed E-state index contributed by atoms with van der Waals surface area (Å²) in [5.74, 6) is 0.404. The third kappa shape index (κ3) is 2.65. The van der Waals surface area contributed by atoms with Crippen LogP contribution in [0.3, 0.4) is 0 Å². The Labute approximate surface area is 131 Å². The Morgan fingerprint density at radius 3 is 2.64 bits per heavy atom. The molecule has 0 spiro atoms. The molecule has 0 radical (unpaired) electrons. The number of hydrogen-bond donors (Lipinski definition) is 0. The van der Waals surface area contributed by atoms with Gasteiger partial charge in [-0.25, -0.2) is 0 Å². The molecule has 1 amide bonds. The third-order valence-electron chi connectivity index (χ3n) is 4.25. The van der Waals surface area contributed by atoms with E-state index in [0.29, 0.717) is 6.54 Å². The van der Waals surface area contributed by atoms with Gasteiger partial charge in [-0.3, -0.25) is 9.48 Å². The number of rotatable bonds is 1. The Balaban J connectivity index is 2.00. The summed E-state index contributed by atoms with van der Waals surface area (Å²) in [4.78, 5) is 14.7. The maximum Gasteiger partial charge on any atom is 0.228 e. The average Bonchev–Trinajstić information content (AvgIpc) is 2.90. The molecule has 3 rings (SSSR count). The molecule has 0 saturated heterocycles. The maximum atomic E-state index is 12.7. The van der Waals surface area contributed by atoms with Crippen molar-refractivity contribution in [2.75, 3.05) is 6.54 Å². The Morgan fingerprint density at radius 1 is 1.27 bits per heavy atom. The highest BCUT2D eigenvalue weighted by Crippen LogP contribution is 2.34. The lowest BCUT2D eigenvalue weighted by Crippen LogP contribution is -2.44. The standard InChI is InChI=1S/C18H23N3O/c1-18(2,3)17(22)21-11-13-7-5-6-8-15(13)16(12-21)14-9-19-20(4)10-14/h5-10,16H,11-12H2,1-4H3/t16-/m0/s1. The zero-order chi connectivity index (χ0) is 15.9. The minimum absolute atomic E-state index is 0.199. The van der Waals surface area contributed by atoms with Crippen molar-refractivity contribution in [3.63, 3.8) is 0 Å². The summed E-state index contributed by atoms with van der Waals surface area (Å²) in [5.41, 5.74) is 3.36. The minimum Gasteiger partial charge on any atom is -0.337 e. The van der Waals surface area contributed by atoms with Crippen molar-refractivity contribution in [2.45, 2.75) is 33.2 Å². The molecule has 1 atom stereocenters. The second-order valence-corrected chi connectivity index (χ2v) is 7.13. The molecule has 4 nitrogen and oxygen atoms in total. The summed E-state index contributed by atoms with van der Waals surface area (Å²) < 4.78 is 1.82. The predicted molar refractivity (Wildman–Crippen MR) is 86.4 cm³/mol. The Bertz CT molecular complexity index is 696. The molecule has 0 aliphatic carbocycles. The normalized spacial score (nSPS) is 18.2. The first-order valence-corrected chi connectivity index (χ1v) is 7.72. The van der Waals surface area contributed by atoms with Crippen molar-refractivity contribution in [3.8, 4) is 0 Å². The molecule has 0 N–H and O–H groups in total. The Hall–Kier alpha value is -2.10. The van der Waals surface area contributed by atoms with Crippen molar-refractivity contribution in [1.29, 1.82) is 0 Å². The van der Waals surface area contributed by atoms with Crippen molar-refractivity contribution in [2.24, 2.45) is 12.5 Å². The summed E-state index contributed by atoms with van der Waals surface area (Å²) in [7, 11) is 1.93. The van der Waals surface area contributed by atoms with E-state index in [1.54, 1.807) is 0 Å². The van der Waals surface area contributed by atoms with E-state index in [0.717, 1.165) is 6.54 Å². The first kappa shape index (κ1) is 14.8. The predicted octanol–water partition coefficient (Wildman–Crippen LogP) is 2.94. The van der Waals surface area contributed by atoms with Gasteiger partial charge in [0.15, 0.2) is 0 Å². The van der Waals surface area contributed by atoms with E-state index in [2.05, 4.69) is 23.3 Å². The monoisotopic (exact) mass is 297 g/mol. The van der Waals surface area contributed by atoms with E-state index in [-0.39, 0.29) is 17.2 Å². The fourth-order valence-electron chi connectivity index (χ4n) is 3.14. The van der Waals surface area contributed by atoms with Crippen LogP contribution in [0.15, 0.2) is 36.7 Å². The fraction of sp³-hybridized carbons (Fsp3) is 0.444. The second-order valence-electron chi connectivity index (χ2n) is 7.13. The van der Waals surface area contributed by atoms with Gasteiger partial charge in [0, 0.05) is 37.7 Å². The zero-order valence-electron chi connectivity index (χ0n) is 13.7. The lowest BCUT2D eigenvalue weighted by molar-refractivity contribution is -0.140. The van der Waals surface area contributed by atoms with E-state index in [1.165, 1.54) is 16.7 Å². The molecule has 0 unspecified atom stereocenters. The van der Waals surface area contributed by atoms with Crippen molar-refractivity contribution < 1.29 is 4.79 Å². The van der Waals surface area contributed by atoms with Gasteiger partial charge in [-0.05, 0) is 16.7 Å². The number of carbonyl (C=O) groups is 1. The van der Waals surface area contributed by atoms with Crippen LogP contribution in [0.2, 0.25) is 0 Å². The molecule has 0 saturated carbocycles. The van der Waals surface area contributed by atoms with Crippen LogP contribution in [-0.2, 0) is 18.4 Å². The van der Waals surface area contributed by atoms with Crippen LogP contribution in [0, 0.1) is 5.41 Å². The molecule has 1 aliphatic heterocycles. The van der Waals surface area contributed by atoms with Gasteiger partial charge in [-0.2, -0.15) is 5.10 Å². The molecule has 22 heavy (non-hydrogen) atoms. The highest BCUT2D eigenvalue weighted by Gasteiger charge is 2.34. The van der Waals surface area contributed by atoms with Gasteiger partial charge in [0.05, 0.1) is 6.20 Å². The SMILES string of the molecule is Cn1cc([C@@H]2CN(C(=O)C(C)(C)C)Cc3ccccc32)cn1. The Kier molecular flexibility index (Phi) is 3.55. The molecule has 1 aromatic carbocycles. The number of hydrogen-bond acceptors (Lipinski definition) is 2. The number of carbonyl (C=O) groups excluding carboxylic acids is 1. The summed E-state index contributed by atoms with van der Waals surface area (Å²) in [6.45, 7) is 7.36.